The van der Waals surface area contributed by atoms with Crippen molar-refractivity contribution < 1.29 is 14.4 Å². The normalized spacial score (nSPS) is 19.9. The van der Waals surface area contributed by atoms with Gasteiger partial charge in [-0.1, -0.05) is 0 Å². The van der Waals surface area contributed by atoms with Crippen LogP contribution in [0.25, 0.3) is 22.3 Å². The van der Waals surface area contributed by atoms with Crippen LogP contribution in [0.3, 0.4) is 0 Å². The molecule has 2 aliphatic heterocycles. The van der Waals surface area contributed by atoms with Gasteiger partial charge < -0.3 is 9.80 Å². The summed E-state index contributed by atoms with van der Waals surface area (Å²) in [6.07, 6.45) is 6.03. The molecule has 0 unspecified atom stereocenters. The number of hydrogen-bond donors (Lipinski definition) is 2. The molecule has 38 heavy (non-hydrogen) atoms. The maximum atomic E-state index is 13.2. The molecule has 3 fully saturated rings. The first-order chi connectivity index (χ1) is 18.3. The van der Waals surface area contributed by atoms with E-state index < -0.39 is 11.7 Å². The Balaban J connectivity index is 1.38. The zero-order valence-electron chi connectivity index (χ0n) is 20.9. The molecule has 3 aliphatic rings. The Kier molecular flexibility index (Phi) is 6.26. The molecule has 195 valence electrons. The van der Waals surface area contributed by atoms with Crippen molar-refractivity contribution in [3.63, 3.8) is 0 Å². The molecule has 12 nitrogen and oxygen atoms in total. The number of nitrogens with two attached hydrogens (primary N) is 2. The van der Waals surface area contributed by atoms with Crippen molar-refractivity contribution in [2.24, 2.45) is 11.7 Å². The van der Waals surface area contributed by atoms with E-state index in [4.69, 9.17) is 16.7 Å². The van der Waals surface area contributed by atoms with E-state index >= 15 is 0 Å². The Bertz CT molecular complexity index is 1480. The molecule has 1 aliphatic carbocycles. The molecule has 14 heteroatoms. The zero-order chi connectivity index (χ0) is 26.6. The first-order valence-corrected chi connectivity index (χ1v) is 13.3. The highest BCUT2D eigenvalue weighted by molar-refractivity contribution is 7.17. The number of anilines is 1. The third kappa shape index (κ3) is 4.49. The minimum atomic E-state index is -0.592. The molecule has 5 heterocycles. The van der Waals surface area contributed by atoms with Crippen LogP contribution in [0.1, 0.15) is 34.5 Å². The number of aromatic nitrogens is 3. The number of fused-ring (bicyclic) bond motifs is 1. The largest absolute Gasteiger partial charge is 0.337 e. The van der Waals surface area contributed by atoms with E-state index in [9.17, 15) is 14.4 Å². The topological polar surface area (TPSA) is 146 Å². The van der Waals surface area contributed by atoms with Crippen LogP contribution in [0.5, 0.6) is 0 Å². The second kappa shape index (κ2) is 9.62. The van der Waals surface area contributed by atoms with Crippen molar-refractivity contribution in [3.8, 4) is 10.6 Å². The van der Waals surface area contributed by atoms with Gasteiger partial charge in [0.25, 0.3) is 19.1 Å². The van der Waals surface area contributed by atoms with Gasteiger partial charge in [0.2, 0.25) is 0 Å². The zero-order valence-corrected chi connectivity index (χ0v) is 21.7. The summed E-state index contributed by atoms with van der Waals surface area (Å²) in [5.74, 6) is 11.5. The first kappa shape index (κ1) is 24.7. The van der Waals surface area contributed by atoms with Crippen molar-refractivity contribution in [1.29, 1.82) is 0 Å². The van der Waals surface area contributed by atoms with Crippen LogP contribution in [0.15, 0.2) is 29.9 Å². The summed E-state index contributed by atoms with van der Waals surface area (Å²) in [6.45, 7) is 3.27. The summed E-state index contributed by atoms with van der Waals surface area (Å²) in [7, 11) is 3.26. The highest BCUT2D eigenvalue weighted by Gasteiger charge is 2.34. The SMILES string of the molecule is CN1CCCN(C(=O)c2ccc(-c3cc(N(N)C4CC4)n4ncc(/C=C5\[B]C(=O)N(N)C5=O)c4n3)s2)CC1. The van der Waals surface area contributed by atoms with Gasteiger partial charge in [-0.3, -0.25) is 19.4 Å². The Hall–Kier alpha value is -3.59. The molecule has 3 aromatic heterocycles. The Morgan fingerprint density at radius 2 is 2.03 bits per heavy atom. The Morgan fingerprint density at radius 3 is 2.76 bits per heavy atom. The lowest BCUT2D eigenvalue weighted by Crippen LogP contribution is -2.35. The first-order valence-electron chi connectivity index (χ1n) is 12.5. The fraction of sp³-hybridized carbons (Fsp3) is 0.375. The molecule has 3 aromatic rings. The van der Waals surface area contributed by atoms with E-state index in [1.54, 1.807) is 21.8 Å². The van der Waals surface area contributed by atoms with E-state index in [0.717, 1.165) is 43.8 Å². The number of hydrogen-bond acceptors (Lipinski definition) is 10. The standard InChI is InChI=1S/C24H27BN9O3S/c1-30-7-2-8-31(10-9-30)23(36)19-6-5-18(38-19)17-12-20(32(26)15-3-4-15)34-21(29-17)14(13-28-34)11-16-22(35)33(27)24(37)25-16/h5-6,11-13,15H,2-4,7-10,26-27H2,1H3/b16-11-. The number of imide groups is 1. The molecule has 4 N–H and O–H groups in total. The average molecular weight is 532 g/mol. The van der Waals surface area contributed by atoms with Gasteiger partial charge in [-0.2, -0.15) is 9.61 Å². The minimum Gasteiger partial charge on any atom is -0.337 e. The van der Waals surface area contributed by atoms with E-state index in [2.05, 4.69) is 17.0 Å². The Labute approximate surface area is 223 Å². The fourth-order valence-electron chi connectivity index (χ4n) is 4.69. The molecule has 1 radical (unpaired) electrons. The molecule has 1 saturated carbocycles. The maximum Gasteiger partial charge on any atom is 0.281 e. The fourth-order valence-corrected chi connectivity index (χ4v) is 5.62. The summed E-state index contributed by atoms with van der Waals surface area (Å²) in [4.78, 5) is 47.9. The number of nitrogens with zero attached hydrogens (tertiary/aromatic N) is 7. The van der Waals surface area contributed by atoms with Gasteiger partial charge in [-0.15, -0.1) is 11.3 Å². The van der Waals surface area contributed by atoms with Crippen molar-refractivity contribution in [1.82, 2.24) is 29.4 Å². The molecule has 0 bridgehead atoms. The van der Waals surface area contributed by atoms with E-state index in [0.29, 0.717) is 39.2 Å². The molecular weight excluding hydrogens is 505 g/mol. The third-order valence-electron chi connectivity index (χ3n) is 7.05. The predicted molar refractivity (Wildman–Crippen MR) is 144 cm³/mol. The van der Waals surface area contributed by atoms with Crippen LogP contribution >= 0.6 is 11.3 Å². The molecule has 6 rings (SSSR count). The van der Waals surface area contributed by atoms with Gasteiger partial charge in [-0.25, -0.2) is 21.7 Å². The van der Waals surface area contributed by atoms with E-state index in [-0.39, 0.29) is 17.4 Å². The van der Waals surface area contributed by atoms with Crippen LogP contribution in [0, 0.1) is 0 Å². The predicted octanol–water partition coefficient (Wildman–Crippen LogP) is 0.959. The number of likely N-dealkylation sites (N-methyl/N-ethyl adjacent to an activating group) is 1. The van der Waals surface area contributed by atoms with Crippen LogP contribution in [-0.2, 0) is 4.79 Å². The quantitative estimate of drug-likeness (QED) is 0.161. The van der Waals surface area contributed by atoms with Crippen LogP contribution in [-0.4, -0.2) is 93.6 Å². The monoisotopic (exact) mass is 532 g/mol. The van der Waals surface area contributed by atoms with Crippen LogP contribution in [0.4, 0.5) is 10.6 Å². The second-order valence-corrected chi connectivity index (χ2v) is 10.9. The number of rotatable bonds is 5. The molecule has 3 amide bonds. The van der Waals surface area contributed by atoms with E-state index in [1.165, 1.54) is 18.6 Å². The van der Waals surface area contributed by atoms with Gasteiger partial charge >= 0.3 is 0 Å². The average Bonchev–Trinajstić information content (AvgIpc) is 3.51. The van der Waals surface area contributed by atoms with Crippen molar-refractivity contribution in [3.05, 3.63) is 40.3 Å². The summed E-state index contributed by atoms with van der Waals surface area (Å²) in [5.41, 5.74) is 1.81. The highest BCUT2D eigenvalue weighted by Crippen LogP contribution is 2.34. The van der Waals surface area contributed by atoms with Crippen molar-refractivity contribution in [2.75, 3.05) is 38.2 Å². The van der Waals surface area contributed by atoms with Gasteiger partial charge in [0.05, 0.1) is 21.6 Å². The van der Waals surface area contributed by atoms with Crippen LogP contribution < -0.4 is 16.7 Å². The third-order valence-corrected chi connectivity index (χ3v) is 8.15. The van der Waals surface area contributed by atoms with E-state index in [1.807, 2.05) is 23.1 Å². The number of thiophene rings is 1. The Morgan fingerprint density at radius 1 is 1.21 bits per heavy atom. The molecular formula is C24H27BN9O3S. The van der Waals surface area contributed by atoms with Gasteiger partial charge in [0.1, 0.15) is 5.82 Å². The summed E-state index contributed by atoms with van der Waals surface area (Å²) >= 11 is 1.39. The van der Waals surface area contributed by atoms with Gasteiger partial charge in [0.15, 0.2) is 11.5 Å². The lowest BCUT2D eigenvalue weighted by atomic mass is 9.71. The van der Waals surface area contributed by atoms with Gasteiger partial charge in [0, 0.05) is 37.3 Å². The summed E-state index contributed by atoms with van der Waals surface area (Å²) in [5, 5.41) is 6.73. The number of hydrazine groups is 2. The summed E-state index contributed by atoms with van der Waals surface area (Å²) < 4.78 is 1.63. The lowest BCUT2D eigenvalue weighted by molar-refractivity contribution is -0.122. The maximum absolute atomic E-state index is 13.2. The molecule has 0 atom stereocenters. The number of amides is 3. The number of carbonyl (C=O) groups is 3. The van der Waals surface area contributed by atoms with Crippen LogP contribution in [0.2, 0.25) is 0 Å². The molecule has 0 spiro atoms. The minimum absolute atomic E-state index is 0.0253. The van der Waals surface area contributed by atoms with Crippen molar-refractivity contribution in [2.45, 2.75) is 25.3 Å². The smallest absolute Gasteiger partial charge is 0.281 e. The highest BCUT2D eigenvalue weighted by atomic mass is 32.1. The number of carbonyl (C=O) groups excluding carboxylic acids is 3. The lowest BCUT2D eigenvalue weighted by Gasteiger charge is -2.20. The van der Waals surface area contributed by atoms with Gasteiger partial charge in [-0.05, 0) is 56.5 Å². The molecule has 0 aromatic carbocycles. The second-order valence-electron chi connectivity index (χ2n) is 9.84. The molecule has 2 saturated heterocycles. The summed E-state index contributed by atoms with van der Waals surface area (Å²) in [6, 6.07) is 5.81. The van der Waals surface area contributed by atoms with Crippen molar-refractivity contribution >= 4 is 53.8 Å².